The van der Waals surface area contributed by atoms with Crippen LogP contribution in [0, 0.1) is 0 Å². The van der Waals surface area contributed by atoms with Gasteiger partial charge in [-0.05, 0) is 6.42 Å². The first-order valence-corrected chi connectivity index (χ1v) is 4.16. The second kappa shape index (κ2) is 3.73. The fraction of sp³-hybridized carbons (Fsp3) is 1.00. The molecule has 0 saturated carbocycles. The van der Waals surface area contributed by atoms with E-state index in [1.54, 1.807) is 0 Å². The maximum atomic E-state index is 13.2. The first-order chi connectivity index (χ1) is 7.00. The molecule has 96 valence electrons. The summed E-state index contributed by atoms with van der Waals surface area (Å²) in [7, 11) is 0. The van der Waals surface area contributed by atoms with Gasteiger partial charge >= 0.3 is 18.0 Å². The van der Waals surface area contributed by atoms with Gasteiger partial charge in [0.05, 0.1) is 0 Å². The Bertz CT molecular complexity index is 244. The fourth-order valence-electron chi connectivity index (χ4n) is 1.44. The van der Waals surface area contributed by atoms with Gasteiger partial charge in [-0.25, -0.2) is 4.39 Å². The first kappa shape index (κ1) is 13.5. The van der Waals surface area contributed by atoms with Crippen LogP contribution in [0.25, 0.3) is 0 Å². The Morgan fingerprint density at radius 2 is 1.31 bits per heavy atom. The van der Waals surface area contributed by atoms with Crippen molar-refractivity contribution in [2.45, 2.75) is 43.3 Å². The van der Waals surface area contributed by atoms with E-state index in [-0.39, 0.29) is 0 Å². The number of ether oxygens (including phenoxy) is 1. The van der Waals surface area contributed by atoms with Crippen LogP contribution >= 0.6 is 0 Å². The molecule has 16 heavy (non-hydrogen) atoms. The van der Waals surface area contributed by atoms with E-state index in [0.29, 0.717) is 0 Å². The molecule has 0 radical (unpaired) electrons. The predicted molar refractivity (Wildman–Crippen MR) is 36.1 cm³/mol. The van der Waals surface area contributed by atoms with Crippen molar-refractivity contribution < 1.29 is 40.6 Å². The van der Waals surface area contributed by atoms with E-state index in [2.05, 4.69) is 4.74 Å². The third-order valence-electron chi connectivity index (χ3n) is 2.27. The van der Waals surface area contributed by atoms with Gasteiger partial charge in [0.15, 0.2) is 6.29 Å². The molecule has 0 spiro atoms. The maximum Gasteiger partial charge on any atom is 0.434 e. The Balaban J connectivity index is 3.06. The third-order valence-corrected chi connectivity index (χ3v) is 2.27. The van der Waals surface area contributed by atoms with Gasteiger partial charge in [0, 0.05) is 6.42 Å². The number of hydrogen-bond donors (Lipinski definition) is 1. The highest BCUT2D eigenvalue weighted by atomic mass is 19.4. The van der Waals surface area contributed by atoms with Gasteiger partial charge in [0.1, 0.15) is 6.10 Å². The standard InChI is InChI=1S/C7H7F7O2/c8-5(6(9,10)11,7(12,13)14)3-1-2-4(15)16-3/h3-4,15H,1-2H2. The van der Waals surface area contributed by atoms with E-state index >= 15 is 0 Å². The smallest absolute Gasteiger partial charge is 0.368 e. The van der Waals surface area contributed by atoms with Crippen LogP contribution in [0.4, 0.5) is 30.7 Å². The quantitative estimate of drug-likeness (QED) is 0.729. The van der Waals surface area contributed by atoms with E-state index < -0.39 is 43.3 Å². The molecule has 0 bridgehead atoms. The minimum atomic E-state index is -6.14. The molecule has 9 heteroatoms. The van der Waals surface area contributed by atoms with Crippen LogP contribution in [0.15, 0.2) is 0 Å². The second-order valence-corrected chi connectivity index (χ2v) is 3.36. The zero-order chi connectivity index (χ0) is 12.8. The highest BCUT2D eigenvalue weighted by Gasteiger charge is 2.77. The van der Waals surface area contributed by atoms with Crippen molar-refractivity contribution in [2.75, 3.05) is 0 Å². The molecule has 2 nitrogen and oxygen atoms in total. The zero-order valence-corrected chi connectivity index (χ0v) is 7.57. The summed E-state index contributed by atoms with van der Waals surface area (Å²) in [5.41, 5.74) is -5.45. The molecule has 2 atom stereocenters. The molecule has 1 heterocycles. The lowest BCUT2D eigenvalue weighted by Gasteiger charge is -2.33. The number of aliphatic hydroxyl groups excluding tert-OH is 1. The van der Waals surface area contributed by atoms with Crippen LogP contribution in [-0.2, 0) is 4.74 Å². The van der Waals surface area contributed by atoms with Crippen LogP contribution in [-0.4, -0.2) is 35.5 Å². The van der Waals surface area contributed by atoms with Crippen LogP contribution in [0.1, 0.15) is 12.8 Å². The maximum absolute atomic E-state index is 13.2. The molecular formula is C7H7F7O2. The Morgan fingerprint density at radius 1 is 0.875 bits per heavy atom. The largest absolute Gasteiger partial charge is 0.434 e. The average Bonchev–Trinajstić information content (AvgIpc) is 2.46. The van der Waals surface area contributed by atoms with Crippen molar-refractivity contribution in [1.29, 1.82) is 0 Å². The molecule has 0 aromatic rings. The van der Waals surface area contributed by atoms with Crippen molar-refractivity contribution in [3.8, 4) is 0 Å². The van der Waals surface area contributed by atoms with E-state index in [1.807, 2.05) is 0 Å². The molecule has 1 rings (SSSR count). The molecule has 0 aromatic carbocycles. The van der Waals surface area contributed by atoms with Gasteiger partial charge < -0.3 is 9.84 Å². The average molecular weight is 256 g/mol. The molecule has 1 fully saturated rings. The number of aliphatic hydroxyl groups is 1. The highest BCUT2D eigenvalue weighted by molar-refractivity contribution is 5.02. The summed E-state index contributed by atoms with van der Waals surface area (Å²) >= 11 is 0. The van der Waals surface area contributed by atoms with E-state index in [1.165, 1.54) is 0 Å². The molecule has 2 unspecified atom stereocenters. The summed E-state index contributed by atoms with van der Waals surface area (Å²) in [6, 6.07) is 0. The highest BCUT2D eigenvalue weighted by Crippen LogP contribution is 2.51. The summed E-state index contributed by atoms with van der Waals surface area (Å²) in [5, 5.41) is 8.67. The van der Waals surface area contributed by atoms with Crippen molar-refractivity contribution in [1.82, 2.24) is 0 Å². The first-order valence-electron chi connectivity index (χ1n) is 4.16. The molecule has 1 aliphatic heterocycles. The summed E-state index contributed by atoms with van der Waals surface area (Å²) in [5.74, 6) is 0. The van der Waals surface area contributed by atoms with Crippen molar-refractivity contribution in [3.63, 3.8) is 0 Å². The van der Waals surface area contributed by atoms with Gasteiger partial charge in [0.2, 0.25) is 0 Å². The number of alkyl halides is 7. The van der Waals surface area contributed by atoms with E-state index in [4.69, 9.17) is 5.11 Å². The molecular weight excluding hydrogens is 249 g/mol. The summed E-state index contributed by atoms with van der Waals surface area (Å²) in [4.78, 5) is 0. The van der Waals surface area contributed by atoms with Gasteiger partial charge in [-0.3, -0.25) is 0 Å². The Labute approximate surface area is 85.0 Å². The lowest BCUT2D eigenvalue weighted by molar-refractivity contribution is -0.369. The fourth-order valence-corrected chi connectivity index (χ4v) is 1.44. The number of hydrogen-bond acceptors (Lipinski definition) is 2. The van der Waals surface area contributed by atoms with Crippen LogP contribution in [0.5, 0.6) is 0 Å². The lowest BCUT2D eigenvalue weighted by Crippen LogP contribution is -2.60. The SMILES string of the molecule is OC1CCC(C(F)(C(F)(F)F)C(F)(F)F)O1. The zero-order valence-electron chi connectivity index (χ0n) is 7.57. The molecule has 0 aromatic heterocycles. The normalized spacial score (nSPS) is 28.5. The van der Waals surface area contributed by atoms with Gasteiger partial charge in [-0.15, -0.1) is 0 Å². The summed E-state index contributed by atoms with van der Waals surface area (Å²) in [6.45, 7) is 0. The number of rotatable bonds is 1. The summed E-state index contributed by atoms with van der Waals surface area (Å²) in [6.07, 6.45) is -18.2. The van der Waals surface area contributed by atoms with Crippen LogP contribution in [0.3, 0.4) is 0 Å². The topological polar surface area (TPSA) is 29.5 Å². The molecule has 1 saturated heterocycles. The van der Waals surface area contributed by atoms with Crippen molar-refractivity contribution >= 4 is 0 Å². The molecule has 0 amide bonds. The van der Waals surface area contributed by atoms with Crippen molar-refractivity contribution in [3.05, 3.63) is 0 Å². The summed E-state index contributed by atoms with van der Waals surface area (Å²) < 4.78 is 89.9. The Hall–Kier alpha value is -0.570. The molecule has 1 aliphatic rings. The second-order valence-electron chi connectivity index (χ2n) is 3.36. The Morgan fingerprint density at radius 3 is 1.56 bits per heavy atom. The van der Waals surface area contributed by atoms with Gasteiger partial charge in [-0.2, -0.15) is 26.3 Å². The molecule has 1 N–H and O–H groups in total. The predicted octanol–water partition coefficient (Wildman–Crippen LogP) is 2.32. The van der Waals surface area contributed by atoms with Gasteiger partial charge in [0.25, 0.3) is 0 Å². The van der Waals surface area contributed by atoms with Crippen LogP contribution in [0.2, 0.25) is 0 Å². The van der Waals surface area contributed by atoms with Crippen molar-refractivity contribution in [2.24, 2.45) is 0 Å². The molecule has 0 aliphatic carbocycles. The Kier molecular flexibility index (Phi) is 3.14. The monoisotopic (exact) mass is 256 g/mol. The van der Waals surface area contributed by atoms with Gasteiger partial charge in [-0.1, -0.05) is 0 Å². The lowest BCUT2D eigenvalue weighted by atomic mass is 9.95. The third kappa shape index (κ3) is 1.97. The number of halogens is 7. The minimum absolute atomic E-state index is 0.470. The van der Waals surface area contributed by atoms with E-state index in [9.17, 15) is 30.7 Å². The van der Waals surface area contributed by atoms with Crippen LogP contribution < -0.4 is 0 Å². The minimum Gasteiger partial charge on any atom is -0.368 e. The van der Waals surface area contributed by atoms with E-state index in [0.717, 1.165) is 0 Å².